The van der Waals surface area contributed by atoms with E-state index < -0.39 is 5.54 Å². The maximum absolute atomic E-state index is 13.1. The number of carbonyl (C=O) groups is 2. The van der Waals surface area contributed by atoms with Crippen LogP contribution in [0.25, 0.3) is 0 Å². The molecule has 0 aromatic heterocycles. The maximum atomic E-state index is 13.1. The molecule has 1 saturated carbocycles. The first kappa shape index (κ1) is 21.7. The van der Waals surface area contributed by atoms with Gasteiger partial charge >= 0.3 is 0 Å². The van der Waals surface area contributed by atoms with Crippen LogP contribution < -0.4 is 15.8 Å². The van der Waals surface area contributed by atoms with Gasteiger partial charge in [-0.3, -0.25) is 14.5 Å². The van der Waals surface area contributed by atoms with E-state index in [1.807, 2.05) is 38.1 Å². The van der Waals surface area contributed by atoms with Crippen molar-refractivity contribution in [3.63, 3.8) is 0 Å². The summed E-state index contributed by atoms with van der Waals surface area (Å²) < 4.78 is 6.31. The van der Waals surface area contributed by atoms with Crippen LogP contribution in [-0.4, -0.2) is 40.4 Å². The lowest BCUT2D eigenvalue weighted by Gasteiger charge is -2.42. The second kappa shape index (κ2) is 7.53. The number of guanidine groups is 1. The number of amides is 2. The van der Waals surface area contributed by atoms with Gasteiger partial charge in [0, 0.05) is 24.4 Å². The molecule has 4 atom stereocenters. The Hall–Kier alpha value is -2.57. The molecule has 3 aliphatic rings. The minimum Gasteiger partial charge on any atom is -0.487 e. The number of benzene rings is 1. The summed E-state index contributed by atoms with van der Waals surface area (Å²) in [4.78, 5) is 31.5. The highest BCUT2D eigenvalue weighted by molar-refractivity contribution is 5.99. The Kier molecular flexibility index (Phi) is 5.26. The molecule has 1 fully saturated rings. The molecular formula is C24H34N4O3. The van der Waals surface area contributed by atoms with Gasteiger partial charge in [0.15, 0.2) is 5.96 Å². The van der Waals surface area contributed by atoms with Crippen molar-refractivity contribution in [2.45, 2.75) is 71.1 Å². The SMILES string of the molecule is CC(C)C1(C)CC(NC(=O)[C@H]2C[C@@H]2CN2C(=O)CC(C)(C)N=C2N)c2ccccc2O1. The van der Waals surface area contributed by atoms with Crippen LogP contribution in [0.2, 0.25) is 0 Å². The van der Waals surface area contributed by atoms with Crippen molar-refractivity contribution in [2.24, 2.45) is 28.5 Å². The lowest BCUT2D eigenvalue weighted by atomic mass is 9.81. The lowest BCUT2D eigenvalue weighted by Crippen LogP contribution is -2.50. The molecule has 0 bridgehead atoms. The van der Waals surface area contributed by atoms with E-state index >= 15 is 0 Å². The van der Waals surface area contributed by atoms with E-state index in [4.69, 9.17) is 10.5 Å². The quantitative estimate of drug-likeness (QED) is 0.756. The molecule has 2 aliphatic heterocycles. The summed E-state index contributed by atoms with van der Waals surface area (Å²) in [5.74, 6) is 1.45. The van der Waals surface area contributed by atoms with Crippen molar-refractivity contribution in [2.75, 3.05) is 6.54 Å². The number of hydrogen-bond donors (Lipinski definition) is 2. The van der Waals surface area contributed by atoms with Crippen molar-refractivity contribution < 1.29 is 14.3 Å². The topological polar surface area (TPSA) is 97.0 Å². The summed E-state index contributed by atoms with van der Waals surface area (Å²) >= 11 is 0. The summed E-state index contributed by atoms with van der Waals surface area (Å²) in [6.07, 6.45) is 1.83. The molecule has 3 N–H and O–H groups in total. The second-order valence-corrected chi connectivity index (χ2v) is 10.4. The number of aliphatic imine (C=N–C) groups is 1. The molecule has 1 aromatic rings. The zero-order valence-corrected chi connectivity index (χ0v) is 19.1. The van der Waals surface area contributed by atoms with Crippen LogP contribution >= 0.6 is 0 Å². The highest BCUT2D eigenvalue weighted by Gasteiger charge is 2.48. The summed E-state index contributed by atoms with van der Waals surface area (Å²) in [7, 11) is 0. The molecule has 7 heteroatoms. The van der Waals surface area contributed by atoms with Crippen molar-refractivity contribution in [3.8, 4) is 5.75 Å². The molecule has 1 aromatic carbocycles. The van der Waals surface area contributed by atoms with E-state index in [1.165, 1.54) is 0 Å². The van der Waals surface area contributed by atoms with Crippen LogP contribution in [0.5, 0.6) is 5.75 Å². The van der Waals surface area contributed by atoms with Gasteiger partial charge in [0.05, 0.1) is 18.0 Å². The first-order valence-electron chi connectivity index (χ1n) is 11.2. The highest BCUT2D eigenvalue weighted by Crippen LogP contribution is 2.45. The Morgan fingerprint density at radius 1 is 1.32 bits per heavy atom. The van der Waals surface area contributed by atoms with Gasteiger partial charge in [-0.05, 0) is 45.1 Å². The fraction of sp³-hybridized carbons (Fsp3) is 0.625. The Balaban J connectivity index is 1.42. The minimum atomic E-state index is -0.461. The average molecular weight is 427 g/mol. The summed E-state index contributed by atoms with van der Waals surface area (Å²) in [5.41, 5.74) is 6.27. The zero-order valence-electron chi connectivity index (χ0n) is 19.1. The third kappa shape index (κ3) is 4.27. The lowest BCUT2D eigenvalue weighted by molar-refractivity contribution is -0.130. The third-order valence-electron chi connectivity index (χ3n) is 7.04. The summed E-state index contributed by atoms with van der Waals surface area (Å²) in [6.45, 7) is 10.7. The number of nitrogens with one attached hydrogen (secondary N) is 1. The summed E-state index contributed by atoms with van der Waals surface area (Å²) in [6, 6.07) is 7.85. The fourth-order valence-corrected chi connectivity index (χ4v) is 4.63. The number of fused-ring (bicyclic) bond motifs is 1. The van der Waals surface area contributed by atoms with E-state index in [-0.39, 0.29) is 41.3 Å². The van der Waals surface area contributed by atoms with E-state index in [1.54, 1.807) is 4.90 Å². The van der Waals surface area contributed by atoms with E-state index in [0.717, 1.165) is 24.2 Å². The number of carbonyl (C=O) groups excluding carboxylic acids is 2. The average Bonchev–Trinajstić information content (AvgIpc) is 3.43. The first-order chi connectivity index (χ1) is 14.5. The predicted molar refractivity (Wildman–Crippen MR) is 119 cm³/mol. The summed E-state index contributed by atoms with van der Waals surface area (Å²) in [5, 5.41) is 3.27. The first-order valence-corrected chi connectivity index (χ1v) is 11.2. The number of nitrogens with two attached hydrogens (primary N) is 1. The van der Waals surface area contributed by atoms with Crippen molar-refractivity contribution in [1.29, 1.82) is 0 Å². The Morgan fingerprint density at radius 2 is 2.03 bits per heavy atom. The molecule has 168 valence electrons. The molecule has 7 nitrogen and oxygen atoms in total. The fourth-order valence-electron chi connectivity index (χ4n) is 4.63. The van der Waals surface area contributed by atoms with Crippen molar-refractivity contribution in [1.82, 2.24) is 10.2 Å². The Bertz CT molecular complexity index is 925. The van der Waals surface area contributed by atoms with Gasteiger partial charge in [-0.15, -0.1) is 0 Å². The Morgan fingerprint density at radius 3 is 2.71 bits per heavy atom. The van der Waals surface area contributed by atoms with Gasteiger partial charge in [0.2, 0.25) is 11.8 Å². The van der Waals surface area contributed by atoms with Crippen LogP contribution in [0.4, 0.5) is 0 Å². The molecule has 0 saturated heterocycles. The minimum absolute atomic E-state index is 0.0189. The van der Waals surface area contributed by atoms with Crippen LogP contribution in [0.1, 0.15) is 65.5 Å². The number of hydrogen-bond acceptors (Lipinski definition) is 5. The van der Waals surface area contributed by atoms with Gasteiger partial charge in [-0.2, -0.15) is 0 Å². The molecule has 0 radical (unpaired) electrons. The van der Waals surface area contributed by atoms with E-state index in [0.29, 0.717) is 18.9 Å². The molecule has 2 heterocycles. The zero-order chi connectivity index (χ0) is 22.6. The van der Waals surface area contributed by atoms with Crippen molar-refractivity contribution >= 4 is 17.8 Å². The highest BCUT2D eigenvalue weighted by atomic mass is 16.5. The number of ether oxygens (including phenoxy) is 1. The third-order valence-corrected chi connectivity index (χ3v) is 7.04. The number of rotatable bonds is 5. The van der Waals surface area contributed by atoms with Gasteiger partial charge in [-0.25, -0.2) is 4.99 Å². The molecule has 2 amide bonds. The largest absolute Gasteiger partial charge is 0.487 e. The second-order valence-electron chi connectivity index (χ2n) is 10.4. The van der Waals surface area contributed by atoms with Gasteiger partial charge in [0.25, 0.3) is 0 Å². The molecule has 0 spiro atoms. The number of nitrogens with zero attached hydrogens (tertiary/aromatic N) is 2. The van der Waals surface area contributed by atoms with Crippen LogP contribution in [-0.2, 0) is 9.59 Å². The van der Waals surface area contributed by atoms with Gasteiger partial charge in [-0.1, -0.05) is 32.0 Å². The molecule has 1 aliphatic carbocycles. The normalized spacial score (nSPS) is 31.5. The van der Waals surface area contributed by atoms with Gasteiger partial charge in [0.1, 0.15) is 11.4 Å². The molecular weight excluding hydrogens is 392 g/mol. The van der Waals surface area contributed by atoms with Crippen LogP contribution in [0.15, 0.2) is 29.3 Å². The smallest absolute Gasteiger partial charge is 0.231 e. The van der Waals surface area contributed by atoms with Crippen LogP contribution in [0.3, 0.4) is 0 Å². The van der Waals surface area contributed by atoms with E-state index in [9.17, 15) is 9.59 Å². The van der Waals surface area contributed by atoms with Crippen molar-refractivity contribution in [3.05, 3.63) is 29.8 Å². The maximum Gasteiger partial charge on any atom is 0.231 e. The Labute approximate surface area is 184 Å². The monoisotopic (exact) mass is 426 g/mol. The molecule has 2 unspecified atom stereocenters. The molecule has 4 rings (SSSR count). The number of para-hydroxylation sites is 1. The van der Waals surface area contributed by atoms with E-state index in [2.05, 4.69) is 31.1 Å². The van der Waals surface area contributed by atoms with Gasteiger partial charge < -0.3 is 15.8 Å². The van der Waals surface area contributed by atoms with Crippen LogP contribution in [0, 0.1) is 17.8 Å². The predicted octanol–water partition coefficient (Wildman–Crippen LogP) is 3.00. The standard InChI is InChI=1S/C24H34N4O3/c1-14(2)24(5)11-18(16-8-6-7-9-19(16)31-24)26-21(30)17-10-15(17)13-28-20(29)12-23(3,4)27-22(28)25/h6-9,14-15,17-18H,10-13H2,1-5H3,(H2,25,27)(H,26,30)/t15-,17+,18?,24?/m1/s1. The molecule has 31 heavy (non-hydrogen) atoms.